The van der Waals surface area contributed by atoms with Crippen molar-refractivity contribution in [3.8, 4) is 5.75 Å². The second-order valence-electron chi connectivity index (χ2n) is 3.65. The molecule has 0 saturated heterocycles. The molecule has 0 aromatic heterocycles. The van der Waals surface area contributed by atoms with E-state index in [1.807, 2.05) is 0 Å². The van der Waals surface area contributed by atoms with Crippen LogP contribution in [0.15, 0.2) is 17.0 Å². The number of anilines is 1. The van der Waals surface area contributed by atoms with E-state index in [0.717, 1.165) is 4.31 Å². The first kappa shape index (κ1) is 12.8. The molecule has 1 aromatic carbocycles. The van der Waals surface area contributed by atoms with E-state index in [2.05, 4.69) is 0 Å². The van der Waals surface area contributed by atoms with Crippen molar-refractivity contribution in [2.75, 3.05) is 26.9 Å². The van der Waals surface area contributed by atoms with Crippen LogP contribution in [0.5, 0.6) is 5.75 Å². The van der Waals surface area contributed by atoms with Crippen LogP contribution >= 0.6 is 0 Å². The second kappa shape index (κ2) is 4.31. The van der Waals surface area contributed by atoms with Gasteiger partial charge in [0.05, 0.1) is 17.7 Å². The van der Waals surface area contributed by atoms with Crippen LogP contribution in [0.25, 0.3) is 0 Å². The molecule has 0 amide bonds. The highest BCUT2D eigenvalue weighted by molar-refractivity contribution is 7.89. The van der Waals surface area contributed by atoms with Crippen LogP contribution in [0.3, 0.4) is 0 Å². The minimum atomic E-state index is -3.46. The van der Waals surface area contributed by atoms with Crippen molar-refractivity contribution in [3.05, 3.63) is 17.7 Å². The van der Waals surface area contributed by atoms with Crippen LogP contribution in [0.1, 0.15) is 5.56 Å². The maximum absolute atomic E-state index is 12.0. The van der Waals surface area contributed by atoms with Gasteiger partial charge in [-0.25, -0.2) is 12.7 Å². The Labute approximate surface area is 95.9 Å². The Morgan fingerprint density at radius 3 is 2.31 bits per heavy atom. The second-order valence-corrected chi connectivity index (χ2v) is 5.77. The number of nitrogen functional groups attached to an aromatic ring is 1. The molecule has 0 saturated carbocycles. The summed E-state index contributed by atoms with van der Waals surface area (Å²) in [7, 11) is 0.960. The lowest BCUT2D eigenvalue weighted by atomic mass is 10.2. The molecule has 6 heteroatoms. The van der Waals surface area contributed by atoms with Crippen LogP contribution in [0.2, 0.25) is 0 Å². The fraction of sp³-hybridized carbons (Fsp3) is 0.400. The monoisotopic (exact) mass is 244 g/mol. The van der Waals surface area contributed by atoms with E-state index in [1.165, 1.54) is 27.3 Å². The minimum absolute atomic E-state index is 0.212. The predicted octanol–water partition coefficient (Wildman–Crippen LogP) is 0.836. The van der Waals surface area contributed by atoms with Gasteiger partial charge < -0.3 is 10.5 Å². The summed E-state index contributed by atoms with van der Waals surface area (Å²) < 4.78 is 30.1. The number of aryl methyl sites for hydroxylation is 1. The molecule has 90 valence electrons. The molecule has 2 N–H and O–H groups in total. The molecule has 5 nitrogen and oxygen atoms in total. The van der Waals surface area contributed by atoms with E-state index in [1.54, 1.807) is 13.0 Å². The Balaban J connectivity index is 3.47. The van der Waals surface area contributed by atoms with Gasteiger partial charge in [-0.2, -0.15) is 0 Å². The molecule has 0 fully saturated rings. The molecule has 0 atom stereocenters. The summed E-state index contributed by atoms with van der Waals surface area (Å²) in [6.07, 6.45) is 0. The lowest BCUT2D eigenvalue weighted by molar-refractivity contribution is 0.415. The maximum Gasteiger partial charge on any atom is 0.242 e. The van der Waals surface area contributed by atoms with Gasteiger partial charge in [0.15, 0.2) is 0 Å². The molecule has 0 unspecified atom stereocenters. The zero-order valence-corrected chi connectivity index (χ0v) is 10.6. The topological polar surface area (TPSA) is 72.6 Å². The summed E-state index contributed by atoms with van der Waals surface area (Å²) >= 11 is 0. The summed E-state index contributed by atoms with van der Waals surface area (Å²) in [6.45, 7) is 1.70. The quantitative estimate of drug-likeness (QED) is 0.800. The van der Waals surface area contributed by atoms with Crippen molar-refractivity contribution in [3.63, 3.8) is 0 Å². The lowest BCUT2D eigenvalue weighted by Gasteiger charge is -2.15. The molecular weight excluding hydrogens is 228 g/mol. The van der Waals surface area contributed by atoms with Crippen molar-refractivity contribution < 1.29 is 13.2 Å². The minimum Gasteiger partial charge on any atom is -0.495 e. The number of methoxy groups -OCH3 is 1. The van der Waals surface area contributed by atoms with Gasteiger partial charge in [-0.15, -0.1) is 0 Å². The number of hydrogen-bond acceptors (Lipinski definition) is 4. The van der Waals surface area contributed by atoms with Crippen molar-refractivity contribution in [1.82, 2.24) is 4.31 Å². The summed E-state index contributed by atoms with van der Waals surface area (Å²) in [5.41, 5.74) is 6.72. The first-order valence-electron chi connectivity index (χ1n) is 4.67. The summed E-state index contributed by atoms with van der Waals surface area (Å²) in [5, 5.41) is 0. The van der Waals surface area contributed by atoms with Crippen LogP contribution in [-0.4, -0.2) is 33.9 Å². The van der Waals surface area contributed by atoms with Crippen molar-refractivity contribution in [2.45, 2.75) is 11.8 Å². The van der Waals surface area contributed by atoms with E-state index >= 15 is 0 Å². The summed E-state index contributed by atoms with van der Waals surface area (Å²) in [4.78, 5) is 0.212. The zero-order valence-electron chi connectivity index (χ0n) is 9.81. The number of rotatable bonds is 3. The predicted molar refractivity (Wildman–Crippen MR) is 63.0 cm³/mol. The zero-order chi connectivity index (χ0) is 12.5. The number of nitrogens with zero attached hydrogens (tertiary/aromatic N) is 1. The molecule has 0 spiro atoms. The Bertz CT molecular complexity index is 495. The molecule has 0 heterocycles. The SMILES string of the molecule is COc1cc(S(=O)(=O)N(C)C)c(C)cc1N. The average molecular weight is 244 g/mol. The van der Waals surface area contributed by atoms with Gasteiger partial charge in [-0.05, 0) is 18.6 Å². The fourth-order valence-corrected chi connectivity index (χ4v) is 2.46. The molecule has 1 rings (SSSR count). The van der Waals surface area contributed by atoms with Crippen molar-refractivity contribution in [2.24, 2.45) is 0 Å². The number of ether oxygens (including phenoxy) is 1. The first-order chi connectivity index (χ1) is 7.30. The van der Waals surface area contributed by atoms with Crippen LogP contribution in [0.4, 0.5) is 5.69 Å². The van der Waals surface area contributed by atoms with Crippen molar-refractivity contribution >= 4 is 15.7 Å². The number of benzene rings is 1. The van der Waals surface area contributed by atoms with E-state index < -0.39 is 10.0 Å². The number of hydrogen-bond donors (Lipinski definition) is 1. The van der Waals surface area contributed by atoms with Crippen molar-refractivity contribution in [1.29, 1.82) is 0 Å². The smallest absolute Gasteiger partial charge is 0.242 e. The van der Waals surface area contributed by atoms with Gasteiger partial charge >= 0.3 is 0 Å². The van der Waals surface area contributed by atoms with E-state index in [9.17, 15) is 8.42 Å². The van der Waals surface area contributed by atoms with Gasteiger partial charge in [-0.1, -0.05) is 0 Å². The maximum atomic E-state index is 12.0. The standard InChI is InChI=1S/C10H16N2O3S/c1-7-5-8(11)9(15-4)6-10(7)16(13,14)12(2)3/h5-6H,11H2,1-4H3. The third kappa shape index (κ3) is 2.12. The normalized spacial score (nSPS) is 11.8. The highest BCUT2D eigenvalue weighted by Crippen LogP contribution is 2.29. The van der Waals surface area contributed by atoms with E-state index in [4.69, 9.17) is 10.5 Å². The van der Waals surface area contributed by atoms with Gasteiger partial charge in [-0.3, -0.25) is 0 Å². The van der Waals surface area contributed by atoms with Crippen LogP contribution in [0, 0.1) is 6.92 Å². The third-order valence-corrected chi connectivity index (χ3v) is 4.24. The molecule has 1 aromatic rings. The molecule has 0 bridgehead atoms. The van der Waals surface area contributed by atoms with E-state index in [-0.39, 0.29) is 4.90 Å². The Kier molecular flexibility index (Phi) is 3.44. The molecule has 0 radical (unpaired) electrons. The Morgan fingerprint density at radius 2 is 1.88 bits per heavy atom. The number of nitrogens with two attached hydrogens (primary N) is 1. The molecule has 16 heavy (non-hydrogen) atoms. The van der Waals surface area contributed by atoms with Gasteiger partial charge in [0, 0.05) is 20.2 Å². The molecule has 0 aliphatic heterocycles. The fourth-order valence-electron chi connectivity index (χ4n) is 1.34. The third-order valence-electron chi connectivity index (χ3n) is 2.29. The van der Waals surface area contributed by atoms with Gasteiger partial charge in [0.2, 0.25) is 10.0 Å². The average Bonchev–Trinajstić information content (AvgIpc) is 2.17. The lowest BCUT2D eigenvalue weighted by Crippen LogP contribution is -2.23. The summed E-state index contributed by atoms with van der Waals surface area (Å²) in [6, 6.07) is 3.04. The van der Waals surface area contributed by atoms with Gasteiger partial charge in [0.25, 0.3) is 0 Å². The highest BCUT2D eigenvalue weighted by Gasteiger charge is 2.21. The Morgan fingerprint density at radius 1 is 1.31 bits per heavy atom. The summed E-state index contributed by atoms with van der Waals surface area (Å²) in [5.74, 6) is 0.367. The highest BCUT2D eigenvalue weighted by atomic mass is 32.2. The first-order valence-corrected chi connectivity index (χ1v) is 6.11. The largest absolute Gasteiger partial charge is 0.495 e. The van der Waals surface area contributed by atoms with Gasteiger partial charge in [0.1, 0.15) is 5.75 Å². The van der Waals surface area contributed by atoms with E-state index in [0.29, 0.717) is 17.0 Å². The molecular formula is C10H16N2O3S. The number of sulfonamides is 1. The van der Waals surface area contributed by atoms with Crippen LogP contribution < -0.4 is 10.5 Å². The Hall–Kier alpha value is -1.27. The molecule has 0 aliphatic rings. The van der Waals surface area contributed by atoms with Crippen LogP contribution in [-0.2, 0) is 10.0 Å². The molecule has 0 aliphatic carbocycles.